The Labute approximate surface area is 135 Å². The van der Waals surface area contributed by atoms with Crippen LogP contribution in [0.2, 0.25) is 0 Å². The largest absolute Gasteiger partial charge is 0.317 e. The van der Waals surface area contributed by atoms with Gasteiger partial charge in [-0.15, -0.1) is 0 Å². The molecule has 1 N–H and O–H groups in total. The Bertz CT molecular complexity index is 171. The van der Waals surface area contributed by atoms with Gasteiger partial charge in [-0.3, -0.25) is 0 Å². The van der Waals surface area contributed by atoms with Gasteiger partial charge >= 0.3 is 0 Å². The molecule has 2 aliphatic carbocycles. The van der Waals surface area contributed by atoms with Crippen LogP contribution in [-0.2, 0) is 0 Å². The topological polar surface area (TPSA) is 12.0 Å². The summed E-state index contributed by atoms with van der Waals surface area (Å²) in [7, 11) is 0. The van der Waals surface area contributed by atoms with Gasteiger partial charge in [-0.1, -0.05) is 91.9 Å². The molecule has 0 bridgehead atoms. The Morgan fingerprint density at radius 1 is 0.714 bits per heavy atom. The maximum absolute atomic E-state index is 3.25. The van der Waals surface area contributed by atoms with E-state index in [4.69, 9.17) is 0 Å². The molecule has 0 aromatic heterocycles. The fourth-order valence-electron chi connectivity index (χ4n) is 3.05. The summed E-state index contributed by atoms with van der Waals surface area (Å²) in [6, 6.07) is 0. The summed E-state index contributed by atoms with van der Waals surface area (Å²) < 4.78 is 0. The molecule has 2 saturated carbocycles. The van der Waals surface area contributed by atoms with Gasteiger partial charge in [-0.25, -0.2) is 0 Å². The highest BCUT2D eigenvalue weighted by Gasteiger charge is 2.19. The predicted molar refractivity (Wildman–Crippen MR) is 98.0 cm³/mol. The van der Waals surface area contributed by atoms with E-state index < -0.39 is 0 Å². The summed E-state index contributed by atoms with van der Waals surface area (Å²) in [5.41, 5.74) is 0.679. The third-order valence-electron chi connectivity index (χ3n) is 4.66. The predicted octanol–water partition coefficient (Wildman–Crippen LogP) is 6.71. The van der Waals surface area contributed by atoms with E-state index in [-0.39, 0.29) is 0 Å². The molecule has 2 rings (SSSR count). The quantitative estimate of drug-likeness (QED) is 0.568. The van der Waals surface area contributed by atoms with Crippen molar-refractivity contribution in [2.24, 2.45) is 5.41 Å². The highest BCUT2D eigenvalue weighted by atomic mass is 14.8. The Hall–Kier alpha value is -0.0400. The molecule has 0 atom stereocenters. The lowest BCUT2D eigenvalue weighted by atomic mass is 9.78. The second-order valence-corrected chi connectivity index (χ2v) is 7.55. The number of nitrogens with one attached hydrogen (secondary N) is 1. The van der Waals surface area contributed by atoms with Gasteiger partial charge < -0.3 is 5.32 Å². The highest BCUT2D eigenvalue weighted by Crippen LogP contribution is 2.34. The van der Waals surface area contributed by atoms with Crippen molar-refractivity contribution in [1.82, 2.24) is 5.32 Å². The molecule has 21 heavy (non-hydrogen) atoms. The SMILES string of the molecule is C1CCCCC1.CC1(C)CCCCC1.CCCCNCC. The van der Waals surface area contributed by atoms with E-state index in [1.165, 1.54) is 90.0 Å². The second-order valence-electron chi connectivity index (χ2n) is 7.55. The summed E-state index contributed by atoms with van der Waals surface area (Å²) >= 11 is 0. The smallest absolute Gasteiger partial charge is 0.00491 e. The van der Waals surface area contributed by atoms with Gasteiger partial charge in [0.2, 0.25) is 0 Å². The van der Waals surface area contributed by atoms with Crippen LogP contribution in [0, 0.1) is 5.41 Å². The Balaban J connectivity index is 0.000000289. The van der Waals surface area contributed by atoms with Crippen molar-refractivity contribution in [3.63, 3.8) is 0 Å². The molecule has 0 amide bonds. The van der Waals surface area contributed by atoms with Crippen molar-refractivity contribution in [2.75, 3.05) is 13.1 Å². The van der Waals surface area contributed by atoms with Crippen LogP contribution in [0.3, 0.4) is 0 Å². The monoisotopic (exact) mass is 297 g/mol. The molecule has 0 saturated heterocycles. The highest BCUT2D eigenvalue weighted by molar-refractivity contribution is 4.72. The minimum Gasteiger partial charge on any atom is -0.317 e. The average molecular weight is 298 g/mol. The van der Waals surface area contributed by atoms with Gasteiger partial charge in [0, 0.05) is 0 Å². The fourth-order valence-corrected chi connectivity index (χ4v) is 3.05. The van der Waals surface area contributed by atoms with Gasteiger partial charge in [-0.05, 0) is 37.8 Å². The first-order valence-corrected chi connectivity index (χ1v) is 9.83. The van der Waals surface area contributed by atoms with Gasteiger partial charge in [-0.2, -0.15) is 0 Å². The molecule has 0 heterocycles. The maximum atomic E-state index is 3.25. The van der Waals surface area contributed by atoms with Gasteiger partial charge in [0.25, 0.3) is 0 Å². The molecular formula is C20H43N. The first kappa shape index (κ1) is 21.0. The van der Waals surface area contributed by atoms with Gasteiger partial charge in [0.05, 0.1) is 0 Å². The van der Waals surface area contributed by atoms with E-state index in [1.807, 2.05) is 0 Å². The molecule has 2 fully saturated rings. The van der Waals surface area contributed by atoms with E-state index in [1.54, 1.807) is 0 Å². The summed E-state index contributed by atoms with van der Waals surface area (Å²) in [6.45, 7) is 11.4. The van der Waals surface area contributed by atoms with E-state index >= 15 is 0 Å². The maximum Gasteiger partial charge on any atom is -0.00491 e. The summed E-state index contributed by atoms with van der Waals surface area (Å²) in [5, 5.41) is 3.25. The standard InChI is InChI=1S/C8H16.C6H15N.C6H12/c1-8(2)6-4-3-5-7-8;1-3-5-6-7-4-2;1-2-4-6-5-3-1/h3-7H2,1-2H3;7H,3-6H2,1-2H3;1-6H2. The molecule has 0 unspecified atom stereocenters. The minimum absolute atomic E-state index is 0.679. The van der Waals surface area contributed by atoms with Crippen molar-refractivity contribution in [3.8, 4) is 0 Å². The molecule has 0 aromatic rings. The van der Waals surface area contributed by atoms with Gasteiger partial charge in [0.1, 0.15) is 0 Å². The van der Waals surface area contributed by atoms with Crippen LogP contribution >= 0.6 is 0 Å². The number of hydrogen-bond donors (Lipinski definition) is 1. The Morgan fingerprint density at radius 3 is 1.43 bits per heavy atom. The van der Waals surface area contributed by atoms with Crippen molar-refractivity contribution >= 4 is 0 Å². The van der Waals surface area contributed by atoms with Crippen LogP contribution in [0.4, 0.5) is 0 Å². The summed E-state index contributed by atoms with van der Waals surface area (Å²) in [5.74, 6) is 0. The molecule has 0 aromatic carbocycles. The van der Waals surface area contributed by atoms with E-state index in [0.717, 1.165) is 6.54 Å². The molecule has 1 nitrogen and oxygen atoms in total. The van der Waals surface area contributed by atoms with Crippen LogP contribution in [0.15, 0.2) is 0 Å². The van der Waals surface area contributed by atoms with Crippen molar-refractivity contribution in [1.29, 1.82) is 0 Å². The van der Waals surface area contributed by atoms with Crippen LogP contribution in [-0.4, -0.2) is 13.1 Å². The van der Waals surface area contributed by atoms with Gasteiger partial charge in [0.15, 0.2) is 0 Å². The summed E-state index contributed by atoms with van der Waals surface area (Å²) in [4.78, 5) is 0. The molecule has 0 aliphatic heterocycles. The normalized spacial score (nSPS) is 20.6. The number of rotatable bonds is 4. The minimum atomic E-state index is 0.679. The Kier molecular flexibility index (Phi) is 14.9. The molecular weight excluding hydrogens is 254 g/mol. The van der Waals surface area contributed by atoms with E-state index in [0.29, 0.717) is 5.41 Å². The van der Waals surface area contributed by atoms with Crippen molar-refractivity contribution < 1.29 is 0 Å². The molecule has 1 heteroatoms. The number of unbranched alkanes of at least 4 members (excludes halogenated alkanes) is 1. The lowest BCUT2D eigenvalue weighted by Crippen LogP contribution is -2.14. The van der Waals surface area contributed by atoms with Crippen LogP contribution in [0.1, 0.15) is 111 Å². The zero-order valence-electron chi connectivity index (χ0n) is 15.6. The average Bonchev–Trinajstić information content (AvgIpc) is 2.51. The first-order valence-electron chi connectivity index (χ1n) is 9.83. The zero-order chi connectivity index (χ0) is 15.8. The molecule has 2 aliphatic rings. The van der Waals surface area contributed by atoms with Crippen molar-refractivity contribution in [3.05, 3.63) is 0 Å². The lowest BCUT2D eigenvalue weighted by molar-refractivity contribution is 0.244. The number of hydrogen-bond acceptors (Lipinski definition) is 1. The first-order chi connectivity index (χ1) is 10.1. The molecule has 0 radical (unpaired) electrons. The van der Waals surface area contributed by atoms with Crippen LogP contribution < -0.4 is 5.32 Å². The zero-order valence-corrected chi connectivity index (χ0v) is 15.6. The van der Waals surface area contributed by atoms with E-state index in [2.05, 4.69) is 33.0 Å². The third kappa shape index (κ3) is 16.2. The van der Waals surface area contributed by atoms with Crippen LogP contribution in [0.25, 0.3) is 0 Å². The van der Waals surface area contributed by atoms with Crippen LogP contribution in [0.5, 0.6) is 0 Å². The fraction of sp³-hybridized carbons (Fsp3) is 1.00. The van der Waals surface area contributed by atoms with E-state index in [9.17, 15) is 0 Å². The summed E-state index contributed by atoms with van der Waals surface area (Å²) in [6.07, 6.45) is 18.9. The third-order valence-corrected chi connectivity index (χ3v) is 4.66. The second kappa shape index (κ2) is 14.9. The lowest BCUT2D eigenvalue weighted by Gasteiger charge is -2.28. The van der Waals surface area contributed by atoms with Crippen molar-refractivity contribution in [2.45, 2.75) is 111 Å². The molecule has 0 spiro atoms. The Morgan fingerprint density at radius 2 is 1.14 bits per heavy atom. The molecule has 128 valence electrons.